The maximum absolute atomic E-state index is 3.59. The molecular formula is C30H50Cl2N2. The molecule has 0 spiro atoms. The van der Waals surface area contributed by atoms with E-state index >= 15 is 0 Å². The molecular weight excluding hydrogens is 459 g/mol. The number of benzene rings is 2. The van der Waals surface area contributed by atoms with E-state index in [0.717, 1.165) is 39.0 Å². The van der Waals surface area contributed by atoms with Crippen molar-refractivity contribution in [1.29, 1.82) is 0 Å². The van der Waals surface area contributed by atoms with Crippen LogP contribution in [0.25, 0.3) is 0 Å². The molecule has 0 saturated carbocycles. The second-order valence-corrected chi connectivity index (χ2v) is 9.31. The van der Waals surface area contributed by atoms with Gasteiger partial charge in [0.2, 0.25) is 0 Å². The monoisotopic (exact) mass is 508 g/mol. The zero-order valence-corrected chi connectivity index (χ0v) is 23.4. The first-order valence-corrected chi connectivity index (χ1v) is 13.4. The molecule has 0 aromatic heterocycles. The van der Waals surface area contributed by atoms with Crippen molar-refractivity contribution in [1.82, 2.24) is 10.6 Å². The summed E-state index contributed by atoms with van der Waals surface area (Å²) in [5.41, 5.74) is 5.65. The Balaban J connectivity index is 0.00000544. The van der Waals surface area contributed by atoms with Crippen LogP contribution in [-0.4, -0.2) is 13.1 Å². The molecule has 0 saturated heterocycles. The normalized spacial score (nSPS) is 10.5. The van der Waals surface area contributed by atoms with Gasteiger partial charge in [-0.15, -0.1) is 24.8 Å². The summed E-state index contributed by atoms with van der Waals surface area (Å²) < 4.78 is 0. The summed E-state index contributed by atoms with van der Waals surface area (Å²) >= 11 is 0. The van der Waals surface area contributed by atoms with Gasteiger partial charge in [0, 0.05) is 13.1 Å². The van der Waals surface area contributed by atoms with Crippen molar-refractivity contribution in [2.75, 3.05) is 13.1 Å². The summed E-state index contributed by atoms with van der Waals surface area (Å²) in [6.45, 7) is 8.79. The Labute approximate surface area is 222 Å². The molecule has 4 heteroatoms. The van der Waals surface area contributed by atoms with E-state index in [9.17, 15) is 0 Å². The van der Waals surface area contributed by atoms with Crippen molar-refractivity contribution >= 4 is 24.8 Å². The van der Waals surface area contributed by atoms with Crippen LogP contribution in [0, 0.1) is 0 Å². The van der Waals surface area contributed by atoms with Crippen LogP contribution in [0.1, 0.15) is 100 Å². The van der Waals surface area contributed by atoms with Gasteiger partial charge in [0.15, 0.2) is 0 Å². The first kappa shape index (κ1) is 32.9. The van der Waals surface area contributed by atoms with Crippen LogP contribution in [0.4, 0.5) is 0 Å². The van der Waals surface area contributed by atoms with Crippen molar-refractivity contribution < 1.29 is 0 Å². The number of aryl methyl sites for hydroxylation is 2. The molecule has 2 rings (SSSR count). The van der Waals surface area contributed by atoms with Gasteiger partial charge in [-0.3, -0.25) is 0 Å². The molecule has 0 aliphatic heterocycles. The van der Waals surface area contributed by atoms with Crippen molar-refractivity contribution in [2.45, 2.75) is 104 Å². The highest BCUT2D eigenvalue weighted by molar-refractivity contribution is 5.85. The molecule has 0 aliphatic carbocycles. The number of halogens is 2. The molecule has 0 aliphatic rings. The predicted octanol–water partition coefficient (Wildman–Crippen LogP) is 8.44. The largest absolute Gasteiger partial charge is 0.313 e. The standard InChI is InChI=1S/C30H48N2.2ClH/c1-3-5-7-9-11-23-31-25-29-19-15-27(16-20-29)13-14-28-17-21-30(22-18-28)26-32-24-12-10-8-6-4-2;;/h15-22,31-32H,3-14,23-26H2,1-2H3;2*1H. The number of rotatable bonds is 19. The van der Waals surface area contributed by atoms with E-state index in [0.29, 0.717) is 0 Å². The van der Waals surface area contributed by atoms with Gasteiger partial charge in [-0.1, -0.05) is 114 Å². The first-order valence-electron chi connectivity index (χ1n) is 13.4. The fourth-order valence-electron chi connectivity index (χ4n) is 4.11. The van der Waals surface area contributed by atoms with E-state index in [1.165, 1.54) is 86.5 Å². The molecule has 2 aromatic carbocycles. The molecule has 0 atom stereocenters. The van der Waals surface area contributed by atoms with Crippen LogP contribution in [0.3, 0.4) is 0 Å². The number of unbranched alkanes of at least 4 members (excludes halogenated alkanes) is 8. The molecule has 2 N–H and O–H groups in total. The van der Waals surface area contributed by atoms with Crippen molar-refractivity contribution in [3.8, 4) is 0 Å². The minimum atomic E-state index is 0. The van der Waals surface area contributed by atoms with Gasteiger partial charge in [0.1, 0.15) is 0 Å². The highest BCUT2D eigenvalue weighted by Gasteiger charge is 1.99. The molecule has 2 aromatic rings. The Morgan fingerprint density at radius 3 is 1.12 bits per heavy atom. The summed E-state index contributed by atoms with van der Waals surface area (Å²) in [4.78, 5) is 0. The maximum atomic E-state index is 3.59. The van der Waals surface area contributed by atoms with Gasteiger partial charge < -0.3 is 10.6 Å². The predicted molar refractivity (Wildman–Crippen MR) is 156 cm³/mol. The summed E-state index contributed by atoms with van der Waals surface area (Å²) in [6, 6.07) is 18.4. The summed E-state index contributed by atoms with van der Waals surface area (Å²) in [5, 5.41) is 7.17. The Morgan fingerprint density at radius 1 is 0.441 bits per heavy atom. The first-order chi connectivity index (χ1) is 15.8. The highest BCUT2D eigenvalue weighted by Crippen LogP contribution is 2.11. The molecule has 0 bridgehead atoms. The van der Waals surface area contributed by atoms with Gasteiger partial charge in [0.25, 0.3) is 0 Å². The summed E-state index contributed by atoms with van der Waals surface area (Å²) in [6.07, 6.45) is 15.7. The van der Waals surface area contributed by atoms with Crippen molar-refractivity contribution in [2.24, 2.45) is 0 Å². The van der Waals surface area contributed by atoms with Gasteiger partial charge in [-0.2, -0.15) is 0 Å². The van der Waals surface area contributed by atoms with Crippen LogP contribution in [0.15, 0.2) is 48.5 Å². The molecule has 34 heavy (non-hydrogen) atoms. The smallest absolute Gasteiger partial charge is 0.0205 e. The van der Waals surface area contributed by atoms with E-state index in [1.54, 1.807) is 0 Å². The number of hydrogen-bond acceptors (Lipinski definition) is 2. The fraction of sp³-hybridized carbons (Fsp3) is 0.600. The third-order valence-corrected chi connectivity index (χ3v) is 6.32. The maximum Gasteiger partial charge on any atom is 0.0205 e. The second kappa shape index (κ2) is 22.4. The van der Waals surface area contributed by atoms with Crippen molar-refractivity contribution in [3.63, 3.8) is 0 Å². The molecule has 0 heterocycles. The zero-order chi connectivity index (χ0) is 22.7. The average Bonchev–Trinajstić information content (AvgIpc) is 2.83. The molecule has 2 nitrogen and oxygen atoms in total. The van der Waals surface area contributed by atoms with Crippen LogP contribution in [0.5, 0.6) is 0 Å². The van der Waals surface area contributed by atoms with Gasteiger partial charge >= 0.3 is 0 Å². The molecule has 0 amide bonds. The zero-order valence-electron chi connectivity index (χ0n) is 21.7. The molecule has 0 radical (unpaired) electrons. The lowest BCUT2D eigenvalue weighted by atomic mass is 10.0. The molecule has 194 valence electrons. The van der Waals surface area contributed by atoms with Crippen molar-refractivity contribution in [3.05, 3.63) is 70.8 Å². The quantitative estimate of drug-likeness (QED) is 0.186. The number of hydrogen-bond donors (Lipinski definition) is 2. The lowest BCUT2D eigenvalue weighted by Crippen LogP contribution is -2.14. The van der Waals surface area contributed by atoms with E-state index in [4.69, 9.17) is 0 Å². The molecule has 0 fully saturated rings. The van der Waals surface area contributed by atoms with Crippen LogP contribution in [0.2, 0.25) is 0 Å². The van der Waals surface area contributed by atoms with Gasteiger partial charge in [-0.25, -0.2) is 0 Å². The lowest BCUT2D eigenvalue weighted by Gasteiger charge is -2.08. The Hall–Kier alpha value is -1.06. The Bertz CT molecular complexity index is 624. The third kappa shape index (κ3) is 15.8. The summed E-state index contributed by atoms with van der Waals surface area (Å²) in [7, 11) is 0. The Morgan fingerprint density at radius 2 is 0.765 bits per heavy atom. The minimum Gasteiger partial charge on any atom is -0.313 e. The lowest BCUT2D eigenvalue weighted by molar-refractivity contribution is 0.583. The van der Waals surface area contributed by atoms with Gasteiger partial charge in [-0.05, 0) is 61.0 Å². The molecule has 0 unspecified atom stereocenters. The number of nitrogens with one attached hydrogen (secondary N) is 2. The van der Waals surface area contributed by atoms with Crippen LogP contribution < -0.4 is 10.6 Å². The SMILES string of the molecule is CCCCCCCNCc1ccc(CCc2ccc(CNCCCCCCC)cc2)cc1.Cl.Cl. The minimum absolute atomic E-state index is 0. The van der Waals surface area contributed by atoms with E-state index in [1.807, 2.05) is 0 Å². The highest BCUT2D eigenvalue weighted by atomic mass is 35.5. The average molecular weight is 510 g/mol. The van der Waals surface area contributed by atoms with E-state index in [-0.39, 0.29) is 24.8 Å². The van der Waals surface area contributed by atoms with E-state index < -0.39 is 0 Å². The van der Waals surface area contributed by atoms with E-state index in [2.05, 4.69) is 73.0 Å². The second-order valence-electron chi connectivity index (χ2n) is 9.31. The fourth-order valence-corrected chi connectivity index (χ4v) is 4.11. The van der Waals surface area contributed by atoms with Crippen LogP contribution >= 0.6 is 24.8 Å². The topological polar surface area (TPSA) is 24.1 Å². The van der Waals surface area contributed by atoms with Gasteiger partial charge in [0.05, 0.1) is 0 Å². The summed E-state index contributed by atoms with van der Waals surface area (Å²) in [5.74, 6) is 0. The Kier molecular flexibility index (Phi) is 21.7. The van der Waals surface area contributed by atoms with Crippen LogP contribution in [-0.2, 0) is 25.9 Å². The third-order valence-electron chi connectivity index (χ3n) is 6.32.